The molecule has 0 aliphatic carbocycles. The van der Waals surface area contributed by atoms with Crippen molar-refractivity contribution >= 4 is 17.3 Å². The molecule has 1 aromatic carbocycles. The van der Waals surface area contributed by atoms with Gasteiger partial charge in [0.15, 0.2) is 0 Å². The maximum atomic E-state index is 12.5. The van der Waals surface area contributed by atoms with Gasteiger partial charge in [0.2, 0.25) is 0 Å². The van der Waals surface area contributed by atoms with Crippen LogP contribution in [0.1, 0.15) is 5.56 Å². The quantitative estimate of drug-likeness (QED) is 0.608. The van der Waals surface area contributed by atoms with Crippen molar-refractivity contribution in [3.8, 4) is 0 Å². The summed E-state index contributed by atoms with van der Waals surface area (Å²) in [6, 6.07) is 4.59. The third-order valence-corrected chi connectivity index (χ3v) is 2.63. The molecule has 14 heavy (non-hydrogen) atoms. The van der Waals surface area contributed by atoms with Gasteiger partial charge >= 0.3 is 6.30 Å². The van der Waals surface area contributed by atoms with Gasteiger partial charge in [-0.25, -0.2) is 0 Å². The largest absolute Gasteiger partial charge is 0.484 e. The molecule has 0 N–H and O–H groups in total. The number of halogens is 4. The summed E-state index contributed by atoms with van der Waals surface area (Å²) in [4.78, 5) is 0.425. The topological polar surface area (TPSA) is 3.24 Å². The molecule has 1 aromatic rings. The number of nitrogens with zero attached hydrogens (tertiary/aromatic N) is 1. The smallest absolute Gasteiger partial charge is 0.283 e. The van der Waals surface area contributed by atoms with E-state index < -0.39 is 6.30 Å². The molecule has 0 bridgehead atoms. The molecule has 0 saturated carbocycles. The Morgan fingerprint density at radius 3 is 2.64 bits per heavy atom. The average molecular weight is 222 g/mol. The van der Waals surface area contributed by atoms with E-state index >= 15 is 0 Å². The molecule has 1 aliphatic rings. The van der Waals surface area contributed by atoms with E-state index in [0.717, 1.165) is 0 Å². The second-order valence-electron chi connectivity index (χ2n) is 3.11. The highest BCUT2D eigenvalue weighted by Crippen LogP contribution is 2.39. The molecule has 0 saturated heterocycles. The van der Waals surface area contributed by atoms with Crippen LogP contribution >= 0.6 is 11.6 Å². The van der Waals surface area contributed by atoms with Gasteiger partial charge < -0.3 is 0 Å². The van der Waals surface area contributed by atoms with Crippen LogP contribution in [0.25, 0.3) is 0 Å². The van der Waals surface area contributed by atoms with Crippen molar-refractivity contribution in [3.63, 3.8) is 0 Å². The predicted octanol–water partition coefficient (Wildman–Crippen LogP) is 3.22. The van der Waals surface area contributed by atoms with Crippen molar-refractivity contribution in [1.82, 2.24) is 0 Å². The number of alkyl halides is 3. The van der Waals surface area contributed by atoms with Gasteiger partial charge in [-0.3, -0.25) is 4.90 Å². The maximum absolute atomic E-state index is 12.5. The second kappa shape index (κ2) is 3.05. The van der Waals surface area contributed by atoms with Gasteiger partial charge in [0.25, 0.3) is 0 Å². The first kappa shape index (κ1) is 9.65. The molecule has 0 aromatic heterocycles. The summed E-state index contributed by atoms with van der Waals surface area (Å²) >= 11 is 5.79. The van der Waals surface area contributed by atoms with Crippen molar-refractivity contribution < 1.29 is 13.2 Å². The summed E-state index contributed by atoms with van der Waals surface area (Å²) in [5.41, 5.74) is 0.775. The van der Waals surface area contributed by atoms with Crippen LogP contribution < -0.4 is 4.90 Å². The van der Waals surface area contributed by atoms with Gasteiger partial charge in [0.05, 0.1) is 0 Å². The summed E-state index contributed by atoms with van der Waals surface area (Å²) in [6.07, 6.45) is -3.95. The highest BCUT2D eigenvalue weighted by molar-refractivity contribution is 6.31. The lowest BCUT2D eigenvalue weighted by atomic mass is 10.2. The SMILES string of the molecule is FC(F)(F)N1CCc2c(Cl)cccc21. The summed E-state index contributed by atoms with van der Waals surface area (Å²) in [5.74, 6) is 0. The Kier molecular flexibility index (Phi) is 2.10. The zero-order valence-electron chi connectivity index (χ0n) is 7.11. The summed E-state index contributed by atoms with van der Waals surface area (Å²) in [5, 5.41) is 0.411. The normalized spacial score (nSPS) is 15.9. The number of fused-ring (bicyclic) bond motifs is 1. The summed E-state index contributed by atoms with van der Waals surface area (Å²) < 4.78 is 37.4. The van der Waals surface area contributed by atoms with Gasteiger partial charge in [0, 0.05) is 17.3 Å². The second-order valence-corrected chi connectivity index (χ2v) is 3.51. The molecule has 0 fully saturated rings. The molecule has 1 heterocycles. The minimum atomic E-state index is -4.31. The lowest BCUT2D eigenvalue weighted by molar-refractivity contribution is -0.127. The van der Waals surface area contributed by atoms with Gasteiger partial charge in [0.1, 0.15) is 0 Å². The van der Waals surface area contributed by atoms with Crippen LogP contribution in [0.4, 0.5) is 18.9 Å². The van der Waals surface area contributed by atoms with E-state index in [1.807, 2.05) is 0 Å². The zero-order chi connectivity index (χ0) is 10.3. The van der Waals surface area contributed by atoms with Gasteiger partial charge in [-0.2, -0.15) is 13.2 Å². The van der Waals surface area contributed by atoms with Crippen LogP contribution in [-0.4, -0.2) is 12.8 Å². The maximum Gasteiger partial charge on any atom is 0.484 e. The molecule has 5 heteroatoms. The molecule has 0 unspecified atom stereocenters. The van der Waals surface area contributed by atoms with Crippen LogP contribution in [0.5, 0.6) is 0 Å². The van der Waals surface area contributed by atoms with E-state index in [4.69, 9.17) is 11.6 Å². The molecule has 0 radical (unpaired) electrons. The van der Waals surface area contributed by atoms with Crippen molar-refractivity contribution in [2.24, 2.45) is 0 Å². The molecule has 76 valence electrons. The zero-order valence-corrected chi connectivity index (χ0v) is 7.86. The Labute approximate surface area is 84.1 Å². The van der Waals surface area contributed by atoms with Crippen LogP contribution in [-0.2, 0) is 6.42 Å². The van der Waals surface area contributed by atoms with Crippen molar-refractivity contribution in [2.75, 3.05) is 11.4 Å². The number of rotatable bonds is 0. The van der Waals surface area contributed by atoms with Crippen LogP contribution in [0.2, 0.25) is 5.02 Å². The fourth-order valence-corrected chi connectivity index (χ4v) is 1.92. The fraction of sp³-hybridized carbons (Fsp3) is 0.333. The highest BCUT2D eigenvalue weighted by atomic mass is 35.5. The Morgan fingerprint density at radius 2 is 2.00 bits per heavy atom. The first-order chi connectivity index (χ1) is 6.50. The first-order valence-electron chi connectivity index (χ1n) is 4.12. The van der Waals surface area contributed by atoms with Crippen molar-refractivity contribution in [2.45, 2.75) is 12.7 Å². The lowest BCUT2D eigenvalue weighted by Gasteiger charge is -2.22. The minimum absolute atomic E-state index is 0.0391. The minimum Gasteiger partial charge on any atom is -0.283 e. The number of benzene rings is 1. The number of hydrogen-bond donors (Lipinski definition) is 0. The Hall–Kier alpha value is -0.900. The Morgan fingerprint density at radius 1 is 1.29 bits per heavy atom. The standard InChI is InChI=1S/C9H7ClF3N/c10-7-2-1-3-8-6(7)4-5-14(8)9(11,12)13/h1-3H,4-5H2. The van der Waals surface area contributed by atoms with Crippen molar-refractivity contribution in [3.05, 3.63) is 28.8 Å². The van der Waals surface area contributed by atoms with Gasteiger partial charge in [-0.15, -0.1) is 0 Å². The van der Waals surface area contributed by atoms with E-state index in [1.165, 1.54) is 12.1 Å². The molecule has 1 nitrogen and oxygen atoms in total. The Balaban J connectivity index is 2.45. The third-order valence-electron chi connectivity index (χ3n) is 2.28. The van der Waals surface area contributed by atoms with E-state index in [-0.39, 0.29) is 12.2 Å². The van der Waals surface area contributed by atoms with Gasteiger partial charge in [-0.1, -0.05) is 17.7 Å². The first-order valence-corrected chi connectivity index (χ1v) is 4.49. The van der Waals surface area contributed by atoms with Gasteiger partial charge in [-0.05, 0) is 24.1 Å². The van der Waals surface area contributed by atoms with E-state index in [9.17, 15) is 13.2 Å². The van der Waals surface area contributed by atoms with E-state index in [1.54, 1.807) is 6.07 Å². The number of hydrogen-bond acceptors (Lipinski definition) is 1. The molecular formula is C9H7ClF3N. The molecule has 2 rings (SSSR count). The van der Waals surface area contributed by atoms with E-state index in [2.05, 4.69) is 0 Å². The summed E-state index contributed by atoms with van der Waals surface area (Å²) in [7, 11) is 0. The number of anilines is 1. The molecule has 0 atom stereocenters. The molecular weight excluding hydrogens is 215 g/mol. The molecule has 1 aliphatic heterocycles. The summed E-state index contributed by atoms with van der Waals surface area (Å²) in [6.45, 7) is -0.0391. The van der Waals surface area contributed by atoms with Crippen LogP contribution in [0, 0.1) is 0 Å². The van der Waals surface area contributed by atoms with E-state index in [0.29, 0.717) is 21.9 Å². The lowest BCUT2D eigenvalue weighted by Crippen LogP contribution is -2.36. The third kappa shape index (κ3) is 1.43. The average Bonchev–Trinajstić information content (AvgIpc) is 2.47. The van der Waals surface area contributed by atoms with Crippen LogP contribution in [0.15, 0.2) is 18.2 Å². The molecule has 0 amide bonds. The fourth-order valence-electron chi connectivity index (χ4n) is 1.66. The van der Waals surface area contributed by atoms with Crippen molar-refractivity contribution in [1.29, 1.82) is 0 Å². The molecule has 0 spiro atoms. The Bertz CT molecular complexity index is 362. The predicted molar refractivity (Wildman–Crippen MR) is 48.6 cm³/mol. The monoisotopic (exact) mass is 221 g/mol. The van der Waals surface area contributed by atoms with Crippen LogP contribution in [0.3, 0.4) is 0 Å². The highest BCUT2D eigenvalue weighted by Gasteiger charge is 2.41.